The molecule has 2 heterocycles. The summed E-state index contributed by atoms with van der Waals surface area (Å²) in [5.41, 5.74) is 1.14. The van der Waals surface area contributed by atoms with E-state index in [-0.39, 0.29) is 5.79 Å². The highest BCUT2D eigenvalue weighted by Crippen LogP contribution is 2.37. The van der Waals surface area contributed by atoms with Crippen molar-refractivity contribution in [3.63, 3.8) is 0 Å². The van der Waals surface area contributed by atoms with Crippen molar-refractivity contribution in [1.82, 2.24) is 9.97 Å². The summed E-state index contributed by atoms with van der Waals surface area (Å²) >= 11 is 5.76. The molecule has 3 rings (SSSR count). The van der Waals surface area contributed by atoms with Crippen molar-refractivity contribution in [2.24, 2.45) is 0 Å². The third kappa shape index (κ3) is 2.20. The van der Waals surface area contributed by atoms with Gasteiger partial charge in [-0.15, -0.1) is 0 Å². The fourth-order valence-corrected chi connectivity index (χ4v) is 2.35. The third-order valence-corrected chi connectivity index (χ3v) is 3.35. The summed E-state index contributed by atoms with van der Waals surface area (Å²) in [4.78, 5) is 8.45. The lowest BCUT2D eigenvalue weighted by atomic mass is 9.93. The standard InChI is InChI=1S/C12H13ClN2O2/c13-10-7-14-11(15-8-10)9-1-3-12(4-2-9)16-5-6-17-12/h1,7-8H,2-6H2. The monoisotopic (exact) mass is 252 g/mol. The number of ether oxygens (including phenoxy) is 2. The zero-order chi connectivity index (χ0) is 11.7. The molecule has 1 aromatic rings. The molecule has 0 unspecified atom stereocenters. The van der Waals surface area contributed by atoms with Crippen molar-refractivity contribution >= 4 is 17.2 Å². The number of halogens is 1. The molecule has 0 amide bonds. The summed E-state index contributed by atoms with van der Waals surface area (Å²) in [7, 11) is 0. The Kier molecular flexibility index (Phi) is 2.86. The topological polar surface area (TPSA) is 44.2 Å². The van der Waals surface area contributed by atoms with E-state index in [1.807, 2.05) is 0 Å². The van der Waals surface area contributed by atoms with E-state index in [4.69, 9.17) is 21.1 Å². The zero-order valence-corrected chi connectivity index (χ0v) is 10.1. The molecule has 2 aliphatic rings. The molecule has 1 saturated heterocycles. The number of aromatic nitrogens is 2. The maximum atomic E-state index is 5.76. The van der Waals surface area contributed by atoms with Crippen molar-refractivity contribution < 1.29 is 9.47 Å². The lowest BCUT2D eigenvalue weighted by molar-refractivity contribution is -0.159. The summed E-state index contributed by atoms with van der Waals surface area (Å²) in [5, 5.41) is 0.559. The van der Waals surface area contributed by atoms with Crippen LogP contribution >= 0.6 is 11.6 Å². The molecule has 4 nitrogen and oxygen atoms in total. The summed E-state index contributed by atoms with van der Waals surface area (Å²) < 4.78 is 11.3. The minimum Gasteiger partial charge on any atom is -0.347 e. The Hall–Kier alpha value is -0.970. The first-order valence-electron chi connectivity index (χ1n) is 5.72. The van der Waals surface area contributed by atoms with Gasteiger partial charge in [-0.25, -0.2) is 9.97 Å². The SMILES string of the molecule is Clc1cnc(C2=CCC3(CC2)OCCO3)nc1. The quantitative estimate of drug-likeness (QED) is 0.770. The molecule has 0 N–H and O–H groups in total. The zero-order valence-electron chi connectivity index (χ0n) is 9.36. The maximum Gasteiger partial charge on any atom is 0.172 e. The van der Waals surface area contributed by atoms with Crippen molar-refractivity contribution in [1.29, 1.82) is 0 Å². The number of allylic oxidation sites excluding steroid dienone is 1. The van der Waals surface area contributed by atoms with Crippen LogP contribution in [0.15, 0.2) is 18.5 Å². The van der Waals surface area contributed by atoms with E-state index in [9.17, 15) is 0 Å². The minimum absolute atomic E-state index is 0.379. The summed E-state index contributed by atoms with van der Waals surface area (Å²) in [6.07, 6.45) is 7.87. The van der Waals surface area contributed by atoms with E-state index in [0.29, 0.717) is 18.2 Å². The third-order valence-electron chi connectivity index (χ3n) is 3.16. The van der Waals surface area contributed by atoms with Gasteiger partial charge in [0.25, 0.3) is 0 Å². The number of rotatable bonds is 1. The molecule has 1 aliphatic heterocycles. The largest absolute Gasteiger partial charge is 0.347 e. The fourth-order valence-electron chi connectivity index (χ4n) is 2.25. The molecule has 0 radical (unpaired) electrons. The average molecular weight is 253 g/mol. The summed E-state index contributed by atoms with van der Waals surface area (Å²) in [5.74, 6) is 0.373. The van der Waals surface area contributed by atoms with Gasteiger partial charge in [0.2, 0.25) is 0 Å². The smallest absolute Gasteiger partial charge is 0.172 e. The molecule has 90 valence electrons. The summed E-state index contributed by atoms with van der Waals surface area (Å²) in [6, 6.07) is 0. The van der Waals surface area contributed by atoms with E-state index >= 15 is 0 Å². The van der Waals surface area contributed by atoms with Gasteiger partial charge in [-0.1, -0.05) is 17.7 Å². The van der Waals surface area contributed by atoms with Crippen LogP contribution in [0.1, 0.15) is 25.1 Å². The van der Waals surface area contributed by atoms with Gasteiger partial charge in [0.05, 0.1) is 18.2 Å². The molecule has 1 aliphatic carbocycles. The second-order valence-electron chi connectivity index (χ2n) is 4.27. The Labute approximate surface area is 105 Å². The lowest BCUT2D eigenvalue weighted by Crippen LogP contribution is -2.31. The Morgan fingerprint density at radius 1 is 1.18 bits per heavy atom. The molecule has 0 atom stereocenters. The second kappa shape index (κ2) is 4.37. The highest BCUT2D eigenvalue weighted by atomic mass is 35.5. The maximum absolute atomic E-state index is 5.76. The molecule has 0 bridgehead atoms. The summed E-state index contributed by atoms with van der Waals surface area (Å²) in [6.45, 7) is 1.39. The van der Waals surface area contributed by atoms with E-state index in [0.717, 1.165) is 30.7 Å². The molecule has 17 heavy (non-hydrogen) atoms. The van der Waals surface area contributed by atoms with E-state index in [1.54, 1.807) is 12.4 Å². The predicted molar refractivity (Wildman–Crippen MR) is 63.5 cm³/mol. The van der Waals surface area contributed by atoms with Crippen molar-refractivity contribution in [3.05, 3.63) is 29.3 Å². The van der Waals surface area contributed by atoms with E-state index < -0.39 is 0 Å². The molecule has 1 fully saturated rings. The Morgan fingerprint density at radius 3 is 2.47 bits per heavy atom. The van der Waals surface area contributed by atoms with Gasteiger partial charge in [0.15, 0.2) is 11.6 Å². The first kappa shape index (κ1) is 11.1. The van der Waals surface area contributed by atoms with Crippen LogP contribution in [0.2, 0.25) is 5.02 Å². The van der Waals surface area contributed by atoms with Gasteiger partial charge in [-0.2, -0.15) is 0 Å². The molecular formula is C12H13ClN2O2. The predicted octanol–water partition coefficient (Wildman–Crippen LogP) is 2.44. The van der Waals surface area contributed by atoms with Crippen LogP contribution < -0.4 is 0 Å². The van der Waals surface area contributed by atoms with Crippen LogP contribution in [0.4, 0.5) is 0 Å². The van der Waals surface area contributed by atoms with Gasteiger partial charge in [-0.05, 0) is 12.0 Å². The molecule has 1 aromatic heterocycles. The Morgan fingerprint density at radius 2 is 1.88 bits per heavy atom. The van der Waals surface area contributed by atoms with Crippen LogP contribution in [0.5, 0.6) is 0 Å². The Bertz CT molecular complexity index is 438. The molecule has 1 spiro atoms. The minimum atomic E-state index is -0.379. The molecule has 0 aromatic carbocycles. The van der Waals surface area contributed by atoms with Gasteiger partial charge < -0.3 is 9.47 Å². The number of nitrogens with zero attached hydrogens (tertiary/aromatic N) is 2. The van der Waals surface area contributed by atoms with Crippen LogP contribution in [-0.2, 0) is 9.47 Å². The second-order valence-corrected chi connectivity index (χ2v) is 4.70. The van der Waals surface area contributed by atoms with Crippen LogP contribution in [0.25, 0.3) is 5.57 Å². The first-order valence-corrected chi connectivity index (χ1v) is 6.10. The van der Waals surface area contributed by atoms with Crippen molar-refractivity contribution in [3.8, 4) is 0 Å². The van der Waals surface area contributed by atoms with E-state index in [1.165, 1.54) is 0 Å². The van der Waals surface area contributed by atoms with Crippen molar-refractivity contribution in [2.75, 3.05) is 13.2 Å². The van der Waals surface area contributed by atoms with Crippen LogP contribution in [0, 0.1) is 0 Å². The number of hydrogen-bond donors (Lipinski definition) is 0. The number of hydrogen-bond acceptors (Lipinski definition) is 4. The fraction of sp³-hybridized carbons (Fsp3) is 0.500. The lowest BCUT2D eigenvalue weighted by Gasteiger charge is -2.30. The van der Waals surface area contributed by atoms with Gasteiger partial charge in [-0.3, -0.25) is 0 Å². The van der Waals surface area contributed by atoms with E-state index in [2.05, 4.69) is 16.0 Å². The first-order chi connectivity index (χ1) is 8.27. The molecule has 0 saturated carbocycles. The average Bonchev–Trinajstić information content (AvgIpc) is 2.80. The van der Waals surface area contributed by atoms with Crippen LogP contribution in [0.3, 0.4) is 0 Å². The van der Waals surface area contributed by atoms with Gasteiger partial charge in [0, 0.05) is 25.2 Å². The highest BCUT2D eigenvalue weighted by molar-refractivity contribution is 6.30. The molecule has 5 heteroatoms. The molecular weight excluding hydrogens is 240 g/mol. The highest BCUT2D eigenvalue weighted by Gasteiger charge is 2.37. The van der Waals surface area contributed by atoms with Gasteiger partial charge >= 0.3 is 0 Å². The normalized spacial score (nSPS) is 22.8. The van der Waals surface area contributed by atoms with Gasteiger partial charge in [0.1, 0.15) is 0 Å². The van der Waals surface area contributed by atoms with Crippen LogP contribution in [-0.4, -0.2) is 29.0 Å². The Balaban J connectivity index is 1.78. The van der Waals surface area contributed by atoms with Crippen molar-refractivity contribution in [2.45, 2.75) is 25.0 Å².